The van der Waals surface area contributed by atoms with Crippen LogP contribution in [-0.4, -0.2) is 17.8 Å². The number of rotatable bonds is 5. The summed E-state index contributed by atoms with van der Waals surface area (Å²) in [5.41, 5.74) is 2.72. The topological polar surface area (TPSA) is 75.7 Å². The predicted molar refractivity (Wildman–Crippen MR) is 125 cm³/mol. The number of hydrogen-bond donors (Lipinski definition) is 1. The Balaban J connectivity index is 1.67. The molecule has 1 saturated heterocycles. The molecule has 0 spiro atoms. The van der Waals surface area contributed by atoms with Crippen LogP contribution in [0.3, 0.4) is 0 Å². The Bertz CT molecular complexity index is 1220. The van der Waals surface area contributed by atoms with E-state index < -0.39 is 17.8 Å². The molecule has 160 valence electrons. The molecule has 4 amide bonds. The number of benzene rings is 3. The van der Waals surface area contributed by atoms with Gasteiger partial charge in [0.2, 0.25) is 0 Å². The molecule has 0 atom stereocenters. The molecule has 0 saturated carbocycles. The zero-order valence-corrected chi connectivity index (χ0v) is 18.8. The summed E-state index contributed by atoms with van der Waals surface area (Å²) in [6.07, 6.45) is 1.44. The Hall–Kier alpha value is -3.71. The SMILES string of the molecule is Cc1ccc(N2C(=O)NC(=O)C(=Cc3cc(Br)ccc3OCc3ccccc3)C2=O)cc1. The van der Waals surface area contributed by atoms with E-state index in [1.807, 2.05) is 43.3 Å². The number of nitrogens with zero attached hydrogens (tertiary/aromatic N) is 1. The fourth-order valence-corrected chi connectivity index (χ4v) is 3.62. The number of barbiturate groups is 1. The zero-order valence-electron chi connectivity index (χ0n) is 17.2. The van der Waals surface area contributed by atoms with Crippen molar-refractivity contribution in [2.75, 3.05) is 4.90 Å². The quantitative estimate of drug-likeness (QED) is 0.403. The number of urea groups is 1. The first kappa shape index (κ1) is 21.5. The normalized spacial score (nSPS) is 15.1. The Morgan fingerprint density at radius 2 is 1.69 bits per heavy atom. The van der Waals surface area contributed by atoms with Crippen LogP contribution in [0.1, 0.15) is 16.7 Å². The summed E-state index contributed by atoms with van der Waals surface area (Å²) >= 11 is 3.42. The van der Waals surface area contributed by atoms with Gasteiger partial charge >= 0.3 is 6.03 Å². The minimum Gasteiger partial charge on any atom is -0.488 e. The average Bonchev–Trinajstić information content (AvgIpc) is 2.78. The van der Waals surface area contributed by atoms with Gasteiger partial charge < -0.3 is 4.74 Å². The molecule has 1 aliphatic heterocycles. The Morgan fingerprint density at radius 1 is 0.969 bits per heavy atom. The minimum absolute atomic E-state index is 0.159. The van der Waals surface area contributed by atoms with Gasteiger partial charge in [-0.05, 0) is 48.9 Å². The Morgan fingerprint density at radius 3 is 2.41 bits per heavy atom. The van der Waals surface area contributed by atoms with E-state index in [0.717, 1.165) is 20.5 Å². The van der Waals surface area contributed by atoms with Crippen LogP contribution in [0.2, 0.25) is 0 Å². The molecular weight excluding hydrogens is 472 g/mol. The van der Waals surface area contributed by atoms with Gasteiger partial charge in [-0.3, -0.25) is 14.9 Å². The van der Waals surface area contributed by atoms with Crippen LogP contribution in [0, 0.1) is 6.92 Å². The summed E-state index contributed by atoms with van der Waals surface area (Å²) in [6, 6.07) is 21.1. The highest BCUT2D eigenvalue weighted by Gasteiger charge is 2.36. The number of anilines is 1. The average molecular weight is 491 g/mol. The van der Waals surface area contributed by atoms with Crippen LogP contribution in [-0.2, 0) is 16.2 Å². The van der Waals surface area contributed by atoms with Crippen molar-refractivity contribution in [2.45, 2.75) is 13.5 Å². The van der Waals surface area contributed by atoms with Crippen molar-refractivity contribution in [3.63, 3.8) is 0 Å². The number of carbonyl (C=O) groups excluding carboxylic acids is 3. The van der Waals surface area contributed by atoms with E-state index in [1.54, 1.807) is 36.4 Å². The first-order chi connectivity index (χ1) is 15.4. The van der Waals surface area contributed by atoms with Gasteiger partial charge in [-0.15, -0.1) is 0 Å². The summed E-state index contributed by atoms with van der Waals surface area (Å²) in [5, 5.41) is 2.24. The maximum atomic E-state index is 13.1. The van der Waals surface area contributed by atoms with Crippen molar-refractivity contribution in [3.8, 4) is 5.75 Å². The molecule has 0 radical (unpaired) electrons. The van der Waals surface area contributed by atoms with Crippen molar-refractivity contribution in [3.05, 3.63) is 99.5 Å². The van der Waals surface area contributed by atoms with E-state index in [9.17, 15) is 14.4 Å². The van der Waals surface area contributed by atoms with Crippen molar-refractivity contribution in [1.29, 1.82) is 0 Å². The highest BCUT2D eigenvalue weighted by molar-refractivity contribution is 9.10. The van der Waals surface area contributed by atoms with E-state index in [2.05, 4.69) is 21.2 Å². The van der Waals surface area contributed by atoms with Gasteiger partial charge in [-0.2, -0.15) is 0 Å². The maximum absolute atomic E-state index is 13.1. The van der Waals surface area contributed by atoms with Crippen LogP contribution >= 0.6 is 15.9 Å². The van der Waals surface area contributed by atoms with Crippen LogP contribution in [0.25, 0.3) is 6.08 Å². The number of ether oxygens (including phenoxy) is 1. The molecular formula is C25H19BrN2O4. The molecule has 0 aliphatic carbocycles. The summed E-state index contributed by atoms with van der Waals surface area (Å²) in [6.45, 7) is 2.23. The van der Waals surface area contributed by atoms with Crippen LogP contribution in [0.15, 0.2) is 82.8 Å². The van der Waals surface area contributed by atoms with E-state index in [1.165, 1.54) is 6.08 Å². The summed E-state index contributed by atoms with van der Waals surface area (Å²) in [5.74, 6) is -0.946. The molecule has 7 heteroatoms. The molecule has 6 nitrogen and oxygen atoms in total. The second-order valence-corrected chi connectivity index (χ2v) is 8.17. The molecule has 32 heavy (non-hydrogen) atoms. The number of imide groups is 2. The lowest BCUT2D eigenvalue weighted by Crippen LogP contribution is -2.54. The second-order valence-electron chi connectivity index (χ2n) is 7.25. The van der Waals surface area contributed by atoms with Crippen molar-refractivity contribution >= 4 is 45.5 Å². The molecule has 0 aromatic heterocycles. The number of aryl methyl sites for hydroxylation is 1. The van der Waals surface area contributed by atoms with Crippen molar-refractivity contribution in [2.24, 2.45) is 0 Å². The summed E-state index contributed by atoms with van der Waals surface area (Å²) in [7, 11) is 0. The largest absolute Gasteiger partial charge is 0.488 e. The molecule has 1 N–H and O–H groups in total. The third-order valence-corrected chi connectivity index (χ3v) is 5.40. The monoisotopic (exact) mass is 490 g/mol. The number of carbonyl (C=O) groups is 3. The first-order valence-electron chi connectivity index (χ1n) is 9.87. The molecule has 4 rings (SSSR count). The lowest BCUT2D eigenvalue weighted by atomic mass is 10.1. The zero-order chi connectivity index (χ0) is 22.7. The fraction of sp³-hybridized carbons (Fsp3) is 0.0800. The predicted octanol–water partition coefficient (Wildman–Crippen LogP) is 5.00. The maximum Gasteiger partial charge on any atom is 0.335 e. The highest BCUT2D eigenvalue weighted by atomic mass is 79.9. The number of hydrogen-bond acceptors (Lipinski definition) is 4. The third-order valence-electron chi connectivity index (χ3n) is 4.90. The molecule has 0 bridgehead atoms. The van der Waals surface area contributed by atoms with Crippen molar-refractivity contribution < 1.29 is 19.1 Å². The lowest BCUT2D eigenvalue weighted by Gasteiger charge is -2.26. The van der Waals surface area contributed by atoms with Gasteiger partial charge in [0.1, 0.15) is 17.9 Å². The number of nitrogens with one attached hydrogen (secondary N) is 1. The van der Waals surface area contributed by atoms with E-state index >= 15 is 0 Å². The van der Waals surface area contributed by atoms with Gasteiger partial charge in [-0.25, -0.2) is 9.69 Å². The van der Waals surface area contributed by atoms with Gasteiger partial charge in [0.25, 0.3) is 11.8 Å². The summed E-state index contributed by atoms with van der Waals surface area (Å²) < 4.78 is 6.70. The molecule has 3 aromatic rings. The third kappa shape index (κ3) is 4.63. The first-order valence-corrected chi connectivity index (χ1v) is 10.7. The second kappa shape index (κ2) is 9.20. The van der Waals surface area contributed by atoms with Crippen molar-refractivity contribution in [1.82, 2.24) is 5.32 Å². The number of halogens is 1. The molecule has 1 aliphatic rings. The van der Waals surface area contributed by atoms with Crippen LogP contribution < -0.4 is 15.0 Å². The lowest BCUT2D eigenvalue weighted by molar-refractivity contribution is -0.122. The van der Waals surface area contributed by atoms with Crippen LogP contribution in [0.4, 0.5) is 10.5 Å². The standard InChI is InChI=1S/C25H19BrN2O4/c1-16-7-10-20(11-8-16)28-24(30)21(23(29)27-25(28)31)14-18-13-19(26)9-12-22(18)32-15-17-5-3-2-4-6-17/h2-14H,15H2,1H3,(H,27,29,31). The minimum atomic E-state index is -0.782. The Kier molecular flexibility index (Phi) is 6.18. The highest BCUT2D eigenvalue weighted by Crippen LogP contribution is 2.28. The molecule has 1 fully saturated rings. The molecule has 3 aromatic carbocycles. The van der Waals surface area contributed by atoms with Gasteiger partial charge in [0, 0.05) is 10.0 Å². The molecule has 0 unspecified atom stereocenters. The number of amides is 4. The van der Waals surface area contributed by atoms with Gasteiger partial charge in [0.15, 0.2) is 0 Å². The fourth-order valence-electron chi connectivity index (χ4n) is 3.24. The Labute approximate surface area is 193 Å². The summed E-state index contributed by atoms with van der Waals surface area (Å²) in [4.78, 5) is 39.0. The van der Waals surface area contributed by atoms with Gasteiger partial charge in [0.05, 0.1) is 5.69 Å². The van der Waals surface area contributed by atoms with E-state index in [4.69, 9.17) is 4.74 Å². The van der Waals surface area contributed by atoms with Gasteiger partial charge in [-0.1, -0.05) is 64.0 Å². The molecule has 1 heterocycles. The van der Waals surface area contributed by atoms with Crippen LogP contribution in [0.5, 0.6) is 5.75 Å². The van der Waals surface area contributed by atoms with E-state index in [0.29, 0.717) is 23.6 Å². The van der Waals surface area contributed by atoms with E-state index in [-0.39, 0.29) is 5.57 Å². The smallest absolute Gasteiger partial charge is 0.335 e.